The smallest absolute Gasteiger partial charge is 0.181 e. The lowest BCUT2D eigenvalue weighted by molar-refractivity contribution is 0.415. The Labute approximate surface area is 529 Å². The molecule has 6 aromatic heterocycles. The summed E-state index contributed by atoms with van der Waals surface area (Å²) in [6, 6.07) is 75.4. The van der Waals surface area contributed by atoms with Crippen molar-refractivity contribution in [2.75, 3.05) is 14.2 Å². The van der Waals surface area contributed by atoms with Crippen molar-refractivity contribution in [3.63, 3.8) is 0 Å². The highest BCUT2D eigenvalue weighted by molar-refractivity contribution is 5.79. The van der Waals surface area contributed by atoms with Gasteiger partial charge in [0, 0.05) is 80.9 Å². The van der Waals surface area contributed by atoms with Crippen LogP contribution in [0.3, 0.4) is 0 Å². The van der Waals surface area contributed by atoms with Crippen molar-refractivity contribution in [2.45, 2.75) is 13.8 Å². The molecule has 20 nitrogen and oxygen atoms in total. The lowest BCUT2D eigenvalue weighted by Gasteiger charge is -2.08. The van der Waals surface area contributed by atoms with E-state index < -0.39 is 0 Å². The zero-order chi connectivity index (χ0) is 62.9. The van der Waals surface area contributed by atoms with Crippen molar-refractivity contribution in [2.24, 2.45) is 14.1 Å². The molecule has 450 valence electrons. The minimum atomic E-state index is 0.619. The first-order chi connectivity index (χ1) is 45.1. The normalized spacial score (nSPS) is 10.9. The summed E-state index contributed by atoms with van der Waals surface area (Å²) in [5, 5.41) is 39.0. The van der Waals surface area contributed by atoms with Crippen LogP contribution in [0.5, 0.6) is 11.5 Å². The molecule has 6 heterocycles. The molecule has 9 aromatic carbocycles. The van der Waals surface area contributed by atoms with E-state index in [1.54, 1.807) is 14.2 Å². The van der Waals surface area contributed by atoms with Crippen molar-refractivity contribution in [3.05, 3.63) is 242 Å². The van der Waals surface area contributed by atoms with Gasteiger partial charge in [-0.1, -0.05) is 188 Å². The highest BCUT2D eigenvalue weighted by Crippen LogP contribution is 2.34. The zero-order valence-electron chi connectivity index (χ0n) is 51.0. The van der Waals surface area contributed by atoms with Crippen molar-refractivity contribution in [1.29, 1.82) is 0 Å². The second-order valence-corrected chi connectivity index (χ2v) is 21.3. The molecule has 0 amide bonds. The summed E-state index contributed by atoms with van der Waals surface area (Å²) < 4.78 is 14.3. The Morgan fingerprint density at radius 3 is 0.935 bits per heavy atom. The second-order valence-electron chi connectivity index (χ2n) is 21.3. The summed E-state index contributed by atoms with van der Waals surface area (Å²) in [5.74, 6) is 9.91. The Morgan fingerprint density at radius 1 is 0.283 bits per heavy atom. The SMILES string of the molecule is COc1cccc(-c2n[nH]c(-c3cc(C)c(-c4nc(-c5cccc(OC)c5)n[nH]4)cc3C)n2)c1.Cn1nc(-c2ccccc2)nc1-c1cccc(-c2nc(-c3ccccc3)nn2C)c1.c1ccc(-c2n[nH]c(-c3ccccc3-c3nc(-c4ccccc4)n[nH]3)n2)cc1. The molecule has 92 heavy (non-hydrogen) atoms. The topological polar surface area (TPSA) is 246 Å². The number of aromatic amines is 4. The van der Waals surface area contributed by atoms with Crippen LogP contribution in [0, 0.1) is 13.8 Å². The number of nitrogens with one attached hydrogen (secondary N) is 4. The molecule has 0 spiro atoms. The third-order valence-corrected chi connectivity index (χ3v) is 15.1. The first-order valence-corrected chi connectivity index (χ1v) is 29.5. The van der Waals surface area contributed by atoms with Crippen LogP contribution in [0.4, 0.5) is 0 Å². The Morgan fingerprint density at radius 2 is 0.576 bits per heavy atom. The minimum absolute atomic E-state index is 0.619. The van der Waals surface area contributed by atoms with Crippen LogP contribution in [-0.4, -0.2) is 104 Å². The van der Waals surface area contributed by atoms with Gasteiger partial charge in [0.2, 0.25) is 0 Å². The quantitative estimate of drug-likeness (QED) is 0.0791. The molecule has 0 aliphatic rings. The molecule has 0 aliphatic heterocycles. The summed E-state index contributed by atoms with van der Waals surface area (Å²) in [4.78, 5) is 28.3. The number of aromatic nitrogens is 18. The number of hydrogen-bond donors (Lipinski definition) is 4. The lowest BCUT2D eigenvalue weighted by atomic mass is 9.99. The number of aryl methyl sites for hydroxylation is 4. The van der Waals surface area contributed by atoms with Crippen molar-refractivity contribution < 1.29 is 9.47 Å². The molecular weight excluding hydrogens is 1150 g/mol. The third-order valence-electron chi connectivity index (χ3n) is 15.1. The van der Waals surface area contributed by atoms with Crippen molar-refractivity contribution >= 4 is 0 Å². The molecule has 20 heteroatoms. The molecule has 0 aliphatic carbocycles. The van der Waals surface area contributed by atoms with E-state index in [1.807, 2.05) is 250 Å². The summed E-state index contributed by atoms with van der Waals surface area (Å²) in [6.45, 7) is 4.09. The molecule has 0 unspecified atom stereocenters. The highest BCUT2D eigenvalue weighted by atomic mass is 16.5. The van der Waals surface area contributed by atoms with E-state index in [-0.39, 0.29) is 0 Å². The number of benzene rings is 9. The molecule has 4 N–H and O–H groups in total. The van der Waals surface area contributed by atoms with E-state index in [9.17, 15) is 0 Å². The molecule has 0 saturated heterocycles. The predicted molar refractivity (Wildman–Crippen MR) is 356 cm³/mol. The van der Waals surface area contributed by atoms with E-state index in [4.69, 9.17) is 29.4 Å². The largest absolute Gasteiger partial charge is 0.497 e. The van der Waals surface area contributed by atoms with Gasteiger partial charge in [-0.3, -0.25) is 20.4 Å². The number of ether oxygens (including phenoxy) is 2. The molecule has 0 atom stereocenters. The fourth-order valence-electron chi connectivity index (χ4n) is 10.5. The highest BCUT2D eigenvalue weighted by Gasteiger charge is 2.20. The number of methoxy groups -OCH3 is 2. The van der Waals surface area contributed by atoms with E-state index in [2.05, 4.69) is 79.2 Å². The van der Waals surface area contributed by atoms with Crippen molar-refractivity contribution in [3.8, 4) is 148 Å². The molecular formula is C72H60N18O2. The van der Waals surface area contributed by atoms with Gasteiger partial charge < -0.3 is 9.47 Å². The number of hydrogen-bond acceptors (Lipinski definition) is 14. The number of nitrogens with zero attached hydrogens (tertiary/aromatic N) is 14. The van der Waals surface area contributed by atoms with E-state index >= 15 is 0 Å². The van der Waals surface area contributed by atoms with Crippen LogP contribution >= 0.6 is 0 Å². The third kappa shape index (κ3) is 12.7. The zero-order valence-corrected chi connectivity index (χ0v) is 51.0. The second kappa shape index (κ2) is 26.4. The Balaban J connectivity index is 0.000000127. The lowest BCUT2D eigenvalue weighted by Crippen LogP contribution is -1.97. The monoisotopic (exact) mass is 1210 g/mol. The summed E-state index contributed by atoms with van der Waals surface area (Å²) in [7, 11) is 7.11. The Kier molecular flexibility index (Phi) is 16.8. The first kappa shape index (κ1) is 58.4. The van der Waals surface area contributed by atoms with E-state index in [0.29, 0.717) is 58.2 Å². The van der Waals surface area contributed by atoms with Gasteiger partial charge in [-0.2, -0.15) is 30.6 Å². The molecule has 15 aromatic rings. The average molecular weight is 1210 g/mol. The average Bonchev–Trinajstić information content (AvgIpc) is 2.48. The Hall–Kier alpha value is -12.6. The maximum atomic E-state index is 5.31. The van der Waals surface area contributed by atoms with Crippen LogP contribution in [-0.2, 0) is 14.1 Å². The van der Waals surface area contributed by atoms with Gasteiger partial charge >= 0.3 is 0 Å². The van der Waals surface area contributed by atoms with Crippen LogP contribution in [0.25, 0.3) is 137 Å². The molecule has 0 fully saturated rings. The van der Waals surface area contributed by atoms with Gasteiger partial charge in [0.1, 0.15) is 11.5 Å². The van der Waals surface area contributed by atoms with Crippen molar-refractivity contribution in [1.82, 2.24) is 90.3 Å². The summed E-state index contributed by atoms with van der Waals surface area (Å²) >= 11 is 0. The molecule has 0 bridgehead atoms. The van der Waals surface area contributed by atoms with Gasteiger partial charge in [-0.25, -0.2) is 39.3 Å². The maximum Gasteiger partial charge on any atom is 0.181 e. The maximum absolute atomic E-state index is 5.31. The Bertz CT molecular complexity index is 4670. The first-order valence-electron chi connectivity index (χ1n) is 29.5. The van der Waals surface area contributed by atoms with Crippen LogP contribution in [0.2, 0.25) is 0 Å². The van der Waals surface area contributed by atoms with Gasteiger partial charge in [-0.05, 0) is 67.4 Å². The summed E-state index contributed by atoms with van der Waals surface area (Å²) in [6.07, 6.45) is 0. The standard InChI is InChI=1S/C26H24N6O2.C24H20N6.C22H16N6/c1-15-11-22(26-28-24(30-32-26)18-8-6-10-20(14-18)34-4)16(2)12-21(15)25-27-23(29-31-25)17-7-5-9-19(13-17)33-3;1-29-23(25-21(27-29)17-10-5-3-6-11-17)19-14-9-15-20(16-19)24-26-22(28-30(24)2)18-12-7-4-8-13-18;1-3-9-15(10-4-1)19-23-21(27-25-19)17-13-7-8-14-18(17)22-24-20(26-28-22)16-11-5-2-6-12-16/h5-14H,1-4H3,(H,27,29,31)(H,28,30,32);3-16H,1-2H3;1-14H,(H,23,25,27)(H,24,26,28). The molecule has 15 rings (SSSR count). The molecule has 0 saturated carbocycles. The predicted octanol–water partition coefficient (Wildman–Crippen LogP) is 14.4. The van der Waals surface area contributed by atoms with E-state index in [1.165, 1.54) is 0 Å². The van der Waals surface area contributed by atoms with E-state index in [0.717, 1.165) is 101 Å². The van der Waals surface area contributed by atoms with Crippen LogP contribution < -0.4 is 9.47 Å². The van der Waals surface area contributed by atoms with Gasteiger partial charge in [-0.15, -0.1) is 0 Å². The van der Waals surface area contributed by atoms with Gasteiger partial charge in [0.05, 0.1) is 14.2 Å². The van der Waals surface area contributed by atoms with Crippen LogP contribution in [0.1, 0.15) is 11.1 Å². The molecule has 0 radical (unpaired) electrons. The summed E-state index contributed by atoms with van der Waals surface area (Å²) in [5.41, 5.74) is 13.5. The fraction of sp³-hybridized carbons (Fsp3) is 0.0833. The fourth-order valence-corrected chi connectivity index (χ4v) is 10.5. The number of H-pyrrole nitrogens is 4. The number of rotatable bonds is 14. The minimum Gasteiger partial charge on any atom is -0.497 e. The van der Waals surface area contributed by atoms with Gasteiger partial charge in [0.25, 0.3) is 0 Å². The van der Waals surface area contributed by atoms with Gasteiger partial charge in [0.15, 0.2) is 69.9 Å². The van der Waals surface area contributed by atoms with Crippen LogP contribution in [0.15, 0.2) is 231 Å².